The van der Waals surface area contributed by atoms with Gasteiger partial charge in [-0.25, -0.2) is 0 Å². The van der Waals surface area contributed by atoms with Gasteiger partial charge < -0.3 is 14.2 Å². The number of carbonyl (C=O) groups excluding carboxylic acids is 3. The van der Waals surface area contributed by atoms with Gasteiger partial charge in [0.15, 0.2) is 6.10 Å². The van der Waals surface area contributed by atoms with Gasteiger partial charge in [0.1, 0.15) is 13.2 Å². The third-order valence-electron chi connectivity index (χ3n) is 12.3. The van der Waals surface area contributed by atoms with Gasteiger partial charge in [0.25, 0.3) is 0 Å². The molecule has 6 nitrogen and oxygen atoms in total. The van der Waals surface area contributed by atoms with Gasteiger partial charge in [-0.1, -0.05) is 259 Å². The first-order valence-corrected chi connectivity index (χ1v) is 29.5. The first-order chi connectivity index (χ1) is 35.0. The molecule has 0 amide bonds. The van der Waals surface area contributed by atoms with Gasteiger partial charge in [0, 0.05) is 19.3 Å². The Bertz CT molecular complexity index is 1460. The quantitative estimate of drug-likeness (QED) is 0.0199. The van der Waals surface area contributed by atoms with Crippen molar-refractivity contribution in [2.24, 2.45) is 0 Å². The Kier molecular flexibility index (Phi) is 55.4. The van der Waals surface area contributed by atoms with Crippen molar-refractivity contribution in [3.8, 4) is 0 Å². The summed E-state index contributed by atoms with van der Waals surface area (Å²) in [7, 11) is 0. The van der Waals surface area contributed by atoms with Gasteiger partial charge in [-0.3, -0.25) is 14.4 Å². The third kappa shape index (κ3) is 56.9. The molecular formula is C65H108O6. The molecular weight excluding hydrogens is 877 g/mol. The molecule has 0 saturated heterocycles. The Morgan fingerprint density at radius 2 is 0.634 bits per heavy atom. The van der Waals surface area contributed by atoms with Crippen molar-refractivity contribution in [1.82, 2.24) is 0 Å². The molecule has 0 aliphatic heterocycles. The summed E-state index contributed by atoms with van der Waals surface area (Å²) < 4.78 is 16.9. The molecule has 0 aromatic carbocycles. The maximum atomic E-state index is 12.9. The molecule has 0 N–H and O–H groups in total. The smallest absolute Gasteiger partial charge is 0.306 e. The van der Waals surface area contributed by atoms with Crippen molar-refractivity contribution in [3.63, 3.8) is 0 Å². The van der Waals surface area contributed by atoms with E-state index in [4.69, 9.17) is 14.2 Å². The van der Waals surface area contributed by atoms with Gasteiger partial charge in [0.05, 0.1) is 0 Å². The maximum Gasteiger partial charge on any atom is 0.306 e. The second-order valence-electron chi connectivity index (χ2n) is 19.3. The van der Waals surface area contributed by atoms with Crippen LogP contribution in [-0.4, -0.2) is 37.2 Å². The maximum absolute atomic E-state index is 12.9. The van der Waals surface area contributed by atoms with Gasteiger partial charge >= 0.3 is 17.9 Å². The average Bonchev–Trinajstić information content (AvgIpc) is 3.37. The summed E-state index contributed by atoms with van der Waals surface area (Å²) in [6.45, 7) is 6.41. The molecule has 0 rings (SSSR count). The standard InChI is InChI=1S/C65H108O6/c1-4-7-10-13-16-19-22-25-28-31-33-35-37-40-43-46-49-52-55-58-64(67)70-61-62(60-69-63(66)57-54-51-48-45-42-39-36-30-27-24-21-18-15-12-9-6-3)71-65(68)59-56-53-50-47-44-41-38-34-32-29-26-23-20-17-14-11-8-5-2/h9,11-12,14,17-18,20-21,23,26-27,29-34,38,62H,4-8,10,13,15-16,19,22,24-25,28,35-37,39-61H2,1-3H3/b12-9-,14-11-,20-17-,21-18-,26-23-,30-27-,32-29-,33-31-,38-34-. The van der Waals surface area contributed by atoms with Crippen molar-refractivity contribution in [2.45, 2.75) is 271 Å². The summed E-state index contributed by atoms with van der Waals surface area (Å²) in [4.78, 5) is 38.2. The minimum atomic E-state index is -0.802. The molecule has 0 aromatic rings. The fourth-order valence-corrected chi connectivity index (χ4v) is 7.95. The fraction of sp³-hybridized carbons (Fsp3) is 0.677. The topological polar surface area (TPSA) is 78.9 Å². The van der Waals surface area contributed by atoms with Crippen LogP contribution < -0.4 is 0 Å². The van der Waals surface area contributed by atoms with Gasteiger partial charge in [-0.15, -0.1) is 0 Å². The van der Waals surface area contributed by atoms with E-state index < -0.39 is 6.10 Å². The summed E-state index contributed by atoms with van der Waals surface area (Å²) in [5, 5.41) is 0. The molecule has 0 bridgehead atoms. The average molecular weight is 986 g/mol. The number of allylic oxidation sites excluding steroid dienone is 18. The van der Waals surface area contributed by atoms with E-state index in [1.165, 1.54) is 109 Å². The van der Waals surface area contributed by atoms with E-state index in [-0.39, 0.29) is 31.1 Å². The highest BCUT2D eigenvalue weighted by Crippen LogP contribution is 2.15. The Morgan fingerprint density at radius 1 is 0.310 bits per heavy atom. The van der Waals surface area contributed by atoms with Crippen molar-refractivity contribution in [1.29, 1.82) is 0 Å². The zero-order valence-electron chi connectivity index (χ0n) is 46.2. The zero-order chi connectivity index (χ0) is 51.4. The van der Waals surface area contributed by atoms with Crippen molar-refractivity contribution >= 4 is 17.9 Å². The Labute approximate surface area is 438 Å². The summed E-state index contributed by atoms with van der Waals surface area (Å²) in [5.74, 6) is -0.936. The summed E-state index contributed by atoms with van der Waals surface area (Å²) in [5.41, 5.74) is 0. The Morgan fingerprint density at radius 3 is 1.06 bits per heavy atom. The first-order valence-electron chi connectivity index (χ1n) is 29.5. The van der Waals surface area contributed by atoms with Crippen LogP contribution in [0.1, 0.15) is 265 Å². The number of unbranched alkanes of at least 4 members (excludes halogenated alkanes) is 27. The summed E-state index contributed by atoms with van der Waals surface area (Å²) in [6.07, 6.45) is 79.3. The van der Waals surface area contributed by atoms with Crippen LogP contribution in [-0.2, 0) is 28.6 Å². The molecule has 0 fully saturated rings. The van der Waals surface area contributed by atoms with Crippen LogP contribution in [0, 0.1) is 0 Å². The lowest BCUT2D eigenvalue weighted by molar-refractivity contribution is -0.167. The highest BCUT2D eigenvalue weighted by molar-refractivity contribution is 5.71. The summed E-state index contributed by atoms with van der Waals surface area (Å²) in [6, 6.07) is 0. The second kappa shape index (κ2) is 58.6. The van der Waals surface area contributed by atoms with E-state index in [9.17, 15) is 14.4 Å². The van der Waals surface area contributed by atoms with E-state index in [1.54, 1.807) is 0 Å². The molecule has 0 aromatic heterocycles. The van der Waals surface area contributed by atoms with Crippen molar-refractivity contribution in [3.05, 3.63) is 109 Å². The number of hydrogen-bond donors (Lipinski definition) is 0. The van der Waals surface area contributed by atoms with Gasteiger partial charge in [0.2, 0.25) is 0 Å². The summed E-state index contributed by atoms with van der Waals surface area (Å²) >= 11 is 0. The van der Waals surface area contributed by atoms with Crippen LogP contribution in [0.5, 0.6) is 0 Å². The lowest BCUT2D eigenvalue weighted by Crippen LogP contribution is -2.30. The van der Waals surface area contributed by atoms with E-state index >= 15 is 0 Å². The number of carbonyl (C=O) groups is 3. The highest BCUT2D eigenvalue weighted by atomic mass is 16.6. The molecule has 404 valence electrons. The molecule has 1 unspecified atom stereocenters. The van der Waals surface area contributed by atoms with Crippen LogP contribution in [0.3, 0.4) is 0 Å². The third-order valence-corrected chi connectivity index (χ3v) is 12.3. The molecule has 6 heteroatoms. The Hall–Kier alpha value is -3.93. The van der Waals surface area contributed by atoms with Crippen molar-refractivity contribution < 1.29 is 28.6 Å². The molecule has 1 atom stereocenters. The van der Waals surface area contributed by atoms with E-state index in [0.717, 1.165) is 116 Å². The molecule has 71 heavy (non-hydrogen) atoms. The predicted molar refractivity (Wildman–Crippen MR) is 307 cm³/mol. The number of ether oxygens (including phenoxy) is 3. The van der Waals surface area contributed by atoms with Gasteiger partial charge in [-0.2, -0.15) is 0 Å². The molecule has 0 saturated carbocycles. The van der Waals surface area contributed by atoms with E-state index in [0.29, 0.717) is 19.3 Å². The zero-order valence-corrected chi connectivity index (χ0v) is 46.2. The van der Waals surface area contributed by atoms with Crippen LogP contribution in [0.4, 0.5) is 0 Å². The van der Waals surface area contributed by atoms with Crippen molar-refractivity contribution in [2.75, 3.05) is 13.2 Å². The van der Waals surface area contributed by atoms with E-state index in [1.807, 2.05) is 24.3 Å². The van der Waals surface area contributed by atoms with Gasteiger partial charge in [-0.05, 0) is 96.3 Å². The van der Waals surface area contributed by atoms with E-state index in [2.05, 4.69) is 106 Å². The minimum absolute atomic E-state index is 0.0965. The number of hydrogen-bond acceptors (Lipinski definition) is 6. The minimum Gasteiger partial charge on any atom is -0.462 e. The normalized spacial score (nSPS) is 12.9. The monoisotopic (exact) mass is 985 g/mol. The molecule has 0 aliphatic rings. The molecule has 0 aliphatic carbocycles. The van der Waals surface area contributed by atoms with Crippen LogP contribution >= 0.6 is 0 Å². The lowest BCUT2D eigenvalue weighted by atomic mass is 10.1. The largest absolute Gasteiger partial charge is 0.462 e. The SMILES string of the molecule is CC/C=C\C/C=C\C/C=C\CCCCCCCCC(=O)OCC(COC(=O)CCCCCCCCC/C=C\CCCCCCCCCC)OC(=O)CCCCCCC\C=C/C=C\C=C/C=C\C=C/CCC. The fourth-order valence-electron chi connectivity index (χ4n) is 7.95. The number of rotatable bonds is 52. The molecule has 0 radical (unpaired) electrons. The predicted octanol–water partition coefficient (Wildman–Crippen LogP) is 19.9. The van der Waals surface area contributed by atoms with Crippen LogP contribution in [0.15, 0.2) is 109 Å². The van der Waals surface area contributed by atoms with Crippen LogP contribution in [0.2, 0.25) is 0 Å². The molecule has 0 heterocycles. The van der Waals surface area contributed by atoms with Crippen LogP contribution in [0.25, 0.3) is 0 Å². The molecule has 0 spiro atoms. The second-order valence-corrected chi connectivity index (χ2v) is 19.3. The number of esters is 3. The highest BCUT2D eigenvalue weighted by Gasteiger charge is 2.19. The first kappa shape index (κ1) is 67.1. The Balaban J connectivity index is 4.47. The lowest BCUT2D eigenvalue weighted by Gasteiger charge is -2.18.